The van der Waals surface area contributed by atoms with Crippen molar-refractivity contribution < 1.29 is 13.2 Å². The second-order valence-corrected chi connectivity index (χ2v) is 6.83. The van der Waals surface area contributed by atoms with Crippen molar-refractivity contribution in [3.05, 3.63) is 41.7 Å². The van der Waals surface area contributed by atoms with Gasteiger partial charge in [0.1, 0.15) is 0 Å². The van der Waals surface area contributed by atoms with Gasteiger partial charge in [0.2, 0.25) is 10.0 Å². The summed E-state index contributed by atoms with van der Waals surface area (Å²) in [5.41, 5.74) is 1.46. The van der Waals surface area contributed by atoms with Crippen molar-refractivity contribution in [2.24, 2.45) is 0 Å². The van der Waals surface area contributed by atoms with Gasteiger partial charge >= 0.3 is 0 Å². The number of carbonyl (C=O) groups is 1. The lowest BCUT2D eigenvalue weighted by Crippen LogP contribution is -2.22. The average Bonchev–Trinajstić information content (AvgIpc) is 2.85. The molecular formula is C13H16N4O3S. The number of H-pyrrole nitrogens is 1. The van der Waals surface area contributed by atoms with Crippen molar-refractivity contribution in [1.29, 1.82) is 0 Å². The second-order valence-electron chi connectivity index (χ2n) is 4.68. The highest BCUT2D eigenvalue weighted by Gasteiger charge is 2.18. The summed E-state index contributed by atoms with van der Waals surface area (Å²) in [6.45, 7) is 1.73. The van der Waals surface area contributed by atoms with Gasteiger partial charge in [-0.25, -0.2) is 12.7 Å². The third-order valence-corrected chi connectivity index (χ3v) is 4.76. The number of amides is 1. The van der Waals surface area contributed by atoms with Crippen LogP contribution < -0.4 is 5.32 Å². The number of benzene rings is 1. The van der Waals surface area contributed by atoms with E-state index in [0.717, 1.165) is 4.31 Å². The maximum atomic E-state index is 12.1. The highest BCUT2D eigenvalue weighted by molar-refractivity contribution is 7.89. The number of sulfonamides is 1. The lowest BCUT2D eigenvalue weighted by Gasteiger charge is -2.12. The summed E-state index contributed by atoms with van der Waals surface area (Å²) in [5.74, 6) is -0.347. The van der Waals surface area contributed by atoms with E-state index >= 15 is 0 Å². The maximum absolute atomic E-state index is 12.1. The summed E-state index contributed by atoms with van der Waals surface area (Å²) >= 11 is 0. The largest absolute Gasteiger partial charge is 0.322 e. The van der Waals surface area contributed by atoms with Crippen LogP contribution in [0.1, 0.15) is 16.1 Å². The average molecular weight is 308 g/mol. The van der Waals surface area contributed by atoms with Crippen molar-refractivity contribution in [3.63, 3.8) is 0 Å². The fourth-order valence-electron chi connectivity index (χ4n) is 1.72. The van der Waals surface area contributed by atoms with Gasteiger partial charge in [0.15, 0.2) is 0 Å². The Kier molecular flexibility index (Phi) is 4.10. The van der Waals surface area contributed by atoms with E-state index in [-0.39, 0.29) is 10.8 Å². The van der Waals surface area contributed by atoms with Gasteiger partial charge in [-0.3, -0.25) is 9.89 Å². The molecule has 7 nitrogen and oxygen atoms in total. The van der Waals surface area contributed by atoms with Gasteiger partial charge < -0.3 is 5.32 Å². The van der Waals surface area contributed by atoms with Crippen LogP contribution in [0.5, 0.6) is 0 Å². The molecular weight excluding hydrogens is 292 g/mol. The van der Waals surface area contributed by atoms with Crippen LogP contribution in [0.25, 0.3) is 0 Å². The minimum atomic E-state index is -3.53. The van der Waals surface area contributed by atoms with E-state index in [1.165, 1.54) is 32.4 Å². The van der Waals surface area contributed by atoms with Crippen molar-refractivity contribution in [2.75, 3.05) is 19.4 Å². The molecule has 0 atom stereocenters. The molecule has 8 heteroatoms. The molecule has 1 amide bonds. The third-order valence-electron chi connectivity index (χ3n) is 2.95. The second kappa shape index (κ2) is 5.66. The molecule has 1 heterocycles. The van der Waals surface area contributed by atoms with Crippen LogP contribution in [0.3, 0.4) is 0 Å². The van der Waals surface area contributed by atoms with E-state index in [0.29, 0.717) is 16.9 Å². The fourth-order valence-corrected chi connectivity index (χ4v) is 2.67. The molecule has 2 rings (SSSR count). The SMILES string of the molecule is Cc1[nH]ncc1C(=O)Nc1cccc(S(=O)(=O)N(C)C)c1. The summed E-state index contributed by atoms with van der Waals surface area (Å²) < 4.78 is 25.2. The first-order chi connectivity index (χ1) is 9.82. The Bertz CT molecular complexity index is 765. The first-order valence-corrected chi connectivity index (χ1v) is 7.60. The summed E-state index contributed by atoms with van der Waals surface area (Å²) in [4.78, 5) is 12.2. The lowest BCUT2D eigenvalue weighted by atomic mass is 10.2. The van der Waals surface area contributed by atoms with Gasteiger partial charge in [-0.2, -0.15) is 5.10 Å². The van der Waals surface area contributed by atoms with Crippen molar-refractivity contribution >= 4 is 21.6 Å². The zero-order valence-electron chi connectivity index (χ0n) is 11.9. The van der Waals surface area contributed by atoms with Crippen LogP contribution in [0.15, 0.2) is 35.4 Å². The van der Waals surface area contributed by atoms with Crippen LogP contribution in [0.2, 0.25) is 0 Å². The Labute approximate surface area is 123 Å². The van der Waals surface area contributed by atoms with E-state index in [1.807, 2.05) is 0 Å². The number of nitrogens with zero attached hydrogens (tertiary/aromatic N) is 2. The number of anilines is 1. The normalized spacial score (nSPS) is 11.6. The molecule has 0 saturated carbocycles. The Morgan fingerprint density at radius 3 is 2.62 bits per heavy atom. The van der Waals surface area contributed by atoms with E-state index in [4.69, 9.17) is 0 Å². The molecule has 112 valence electrons. The highest BCUT2D eigenvalue weighted by Crippen LogP contribution is 2.18. The van der Waals surface area contributed by atoms with Gasteiger partial charge in [0.05, 0.1) is 16.7 Å². The summed E-state index contributed by atoms with van der Waals surface area (Å²) in [6.07, 6.45) is 1.42. The monoisotopic (exact) mass is 308 g/mol. The van der Waals surface area contributed by atoms with Gasteiger partial charge in [-0.05, 0) is 25.1 Å². The summed E-state index contributed by atoms with van der Waals surface area (Å²) in [6, 6.07) is 6.10. The number of nitrogens with one attached hydrogen (secondary N) is 2. The standard InChI is InChI=1S/C13H16N4O3S/c1-9-12(8-14-16-9)13(18)15-10-5-4-6-11(7-10)21(19,20)17(2)3/h4-8H,1-3H3,(H,14,16)(H,15,18). The predicted molar refractivity (Wildman–Crippen MR) is 78.6 cm³/mol. The molecule has 0 saturated heterocycles. The van der Waals surface area contributed by atoms with E-state index < -0.39 is 10.0 Å². The Morgan fingerprint density at radius 1 is 1.33 bits per heavy atom. The molecule has 0 spiro atoms. The zero-order valence-corrected chi connectivity index (χ0v) is 12.7. The minimum absolute atomic E-state index is 0.120. The van der Waals surface area contributed by atoms with Gasteiger partial charge in [0, 0.05) is 25.5 Å². The first-order valence-electron chi connectivity index (χ1n) is 6.16. The molecule has 21 heavy (non-hydrogen) atoms. The van der Waals surface area contributed by atoms with Gasteiger partial charge in [-0.1, -0.05) is 6.07 Å². The molecule has 0 radical (unpaired) electrons. The van der Waals surface area contributed by atoms with E-state index in [2.05, 4.69) is 15.5 Å². The predicted octanol–water partition coefficient (Wildman–Crippen LogP) is 1.22. The van der Waals surface area contributed by atoms with Crippen LogP contribution in [0.4, 0.5) is 5.69 Å². The number of hydrogen-bond donors (Lipinski definition) is 2. The number of aromatic amines is 1. The number of aromatic nitrogens is 2. The Hall–Kier alpha value is -2.19. The first kappa shape index (κ1) is 15.2. The molecule has 0 aliphatic rings. The molecule has 1 aromatic heterocycles. The fraction of sp³-hybridized carbons (Fsp3) is 0.231. The molecule has 0 unspecified atom stereocenters. The minimum Gasteiger partial charge on any atom is -0.322 e. The van der Waals surface area contributed by atoms with Crippen LogP contribution >= 0.6 is 0 Å². The van der Waals surface area contributed by atoms with E-state index in [9.17, 15) is 13.2 Å². The molecule has 0 bridgehead atoms. The third kappa shape index (κ3) is 3.11. The summed E-state index contributed by atoms with van der Waals surface area (Å²) in [5, 5.41) is 9.10. The molecule has 2 N–H and O–H groups in total. The van der Waals surface area contributed by atoms with Crippen molar-refractivity contribution in [1.82, 2.24) is 14.5 Å². The van der Waals surface area contributed by atoms with Crippen molar-refractivity contribution in [3.8, 4) is 0 Å². The van der Waals surface area contributed by atoms with Crippen molar-refractivity contribution in [2.45, 2.75) is 11.8 Å². The van der Waals surface area contributed by atoms with Crippen LogP contribution in [-0.4, -0.2) is 42.9 Å². The topological polar surface area (TPSA) is 95.2 Å². The van der Waals surface area contributed by atoms with Gasteiger partial charge in [-0.15, -0.1) is 0 Å². The molecule has 0 aliphatic carbocycles. The lowest BCUT2D eigenvalue weighted by molar-refractivity contribution is 0.102. The number of carbonyl (C=O) groups excluding carboxylic acids is 1. The summed E-state index contributed by atoms with van der Waals surface area (Å²) in [7, 11) is -0.626. The molecule has 1 aromatic carbocycles. The van der Waals surface area contributed by atoms with E-state index in [1.54, 1.807) is 19.1 Å². The molecule has 0 fully saturated rings. The van der Waals surface area contributed by atoms with Crippen LogP contribution in [-0.2, 0) is 10.0 Å². The smallest absolute Gasteiger partial charge is 0.259 e. The number of aryl methyl sites for hydroxylation is 1. The number of rotatable bonds is 4. The highest BCUT2D eigenvalue weighted by atomic mass is 32.2. The quantitative estimate of drug-likeness (QED) is 0.888. The Balaban J connectivity index is 2.27. The Morgan fingerprint density at radius 2 is 2.05 bits per heavy atom. The van der Waals surface area contributed by atoms with Gasteiger partial charge in [0.25, 0.3) is 5.91 Å². The molecule has 0 aliphatic heterocycles. The maximum Gasteiger partial charge on any atom is 0.259 e. The molecule has 2 aromatic rings. The van der Waals surface area contributed by atoms with Crippen LogP contribution in [0, 0.1) is 6.92 Å². The number of hydrogen-bond acceptors (Lipinski definition) is 4. The zero-order chi connectivity index (χ0) is 15.6.